The van der Waals surface area contributed by atoms with Gasteiger partial charge in [0.2, 0.25) is 5.88 Å². The first kappa shape index (κ1) is 22.5. The third kappa shape index (κ3) is 4.57. The summed E-state index contributed by atoms with van der Waals surface area (Å²) >= 11 is 0. The van der Waals surface area contributed by atoms with Crippen LogP contribution in [0.2, 0.25) is 0 Å². The maximum absolute atomic E-state index is 12.8. The number of nitrogens with zero attached hydrogens (tertiary/aromatic N) is 3. The molecule has 172 valence electrons. The lowest BCUT2D eigenvalue weighted by Crippen LogP contribution is -2.48. The maximum atomic E-state index is 12.8. The van der Waals surface area contributed by atoms with Crippen molar-refractivity contribution in [2.75, 3.05) is 39.6 Å². The van der Waals surface area contributed by atoms with E-state index in [-0.39, 0.29) is 6.04 Å². The molecule has 1 saturated heterocycles. The Morgan fingerprint density at radius 2 is 2.09 bits per heavy atom. The summed E-state index contributed by atoms with van der Waals surface area (Å²) in [6, 6.07) is 6.71. The minimum atomic E-state index is -3.97. The smallest absolute Gasteiger partial charge is 0.333 e. The van der Waals surface area contributed by atoms with Crippen LogP contribution in [0.15, 0.2) is 30.5 Å². The molecule has 4 rings (SSSR count). The molecule has 10 heteroatoms. The maximum Gasteiger partial charge on any atom is 0.333 e. The van der Waals surface area contributed by atoms with E-state index in [4.69, 9.17) is 4.74 Å². The molecule has 1 aromatic heterocycles. The summed E-state index contributed by atoms with van der Waals surface area (Å²) in [5, 5.41) is 2.83. The van der Waals surface area contributed by atoms with Crippen molar-refractivity contribution < 1.29 is 17.9 Å². The SMILES string of the molecule is COc1cc(-c2ccc3c(c2NC(=O)NS(=O)(=O)N(C)[C@@H]2CCN(C)C2)CCC3)ccn1. The fraction of sp³-hybridized carbons (Fsp3) is 0.455. The van der Waals surface area contributed by atoms with Gasteiger partial charge in [-0.2, -0.15) is 12.7 Å². The summed E-state index contributed by atoms with van der Waals surface area (Å²) in [5.74, 6) is 0.462. The lowest BCUT2D eigenvalue weighted by atomic mass is 9.98. The fourth-order valence-corrected chi connectivity index (χ4v) is 5.47. The van der Waals surface area contributed by atoms with Crippen LogP contribution in [0, 0.1) is 0 Å². The number of pyridine rings is 1. The van der Waals surface area contributed by atoms with Crippen molar-refractivity contribution in [2.24, 2.45) is 0 Å². The molecule has 0 radical (unpaired) electrons. The largest absolute Gasteiger partial charge is 0.481 e. The van der Waals surface area contributed by atoms with Crippen molar-refractivity contribution in [3.05, 3.63) is 41.6 Å². The molecule has 1 aliphatic carbocycles. The van der Waals surface area contributed by atoms with Gasteiger partial charge in [-0.25, -0.2) is 14.5 Å². The van der Waals surface area contributed by atoms with Crippen LogP contribution in [-0.2, 0) is 23.1 Å². The number of anilines is 1. The number of hydrogen-bond acceptors (Lipinski definition) is 6. The lowest BCUT2D eigenvalue weighted by molar-refractivity contribution is 0.255. The molecule has 2 aliphatic rings. The van der Waals surface area contributed by atoms with Crippen molar-refractivity contribution in [3.8, 4) is 17.0 Å². The second kappa shape index (κ2) is 9.05. The summed E-state index contributed by atoms with van der Waals surface area (Å²) in [4.78, 5) is 19.1. The topological polar surface area (TPSA) is 104 Å². The summed E-state index contributed by atoms with van der Waals surface area (Å²) in [6.07, 6.45) is 5.12. The van der Waals surface area contributed by atoms with Crippen LogP contribution in [0.1, 0.15) is 24.0 Å². The zero-order valence-electron chi connectivity index (χ0n) is 18.6. The number of amides is 2. The number of likely N-dealkylation sites (tertiary alicyclic amines) is 1. The third-order valence-electron chi connectivity index (χ3n) is 6.26. The Balaban J connectivity index is 1.59. The second-order valence-electron chi connectivity index (χ2n) is 8.35. The van der Waals surface area contributed by atoms with Crippen molar-refractivity contribution >= 4 is 21.9 Å². The normalized spacial score (nSPS) is 18.6. The molecular formula is C22H29N5O4S. The van der Waals surface area contributed by atoms with Crippen LogP contribution >= 0.6 is 0 Å². The predicted molar refractivity (Wildman–Crippen MR) is 123 cm³/mol. The summed E-state index contributed by atoms with van der Waals surface area (Å²) in [6.45, 7) is 1.46. The molecule has 9 nitrogen and oxygen atoms in total. The van der Waals surface area contributed by atoms with E-state index in [1.807, 2.05) is 19.2 Å². The number of carbonyl (C=O) groups is 1. The van der Waals surface area contributed by atoms with Crippen LogP contribution < -0.4 is 14.8 Å². The highest BCUT2D eigenvalue weighted by Gasteiger charge is 2.32. The van der Waals surface area contributed by atoms with Gasteiger partial charge >= 0.3 is 16.2 Å². The number of urea groups is 1. The first-order chi connectivity index (χ1) is 15.3. The van der Waals surface area contributed by atoms with Gasteiger partial charge in [-0.15, -0.1) is 0 Å². The van der Waals surface area contributed by atoms with Crippen LogP contribution in [0.4, 0.5) is 10.5 Å². The van der Waals surface area contributed by atoms with E-state index < -0.39 is 16.2 Å². The Morgan fingerprint density at radius 3 is 2.81 bits per heavy atom. The fourth-order valence-electron chi connectivity index (χ4n) is 4.47. The average molecular weight is 460 g/mol. The van der Waals surface area contributed by atoms with E-state index in [1.54, 1.807) is 19.4 Å². The van der Waals surface area contributed by atoms with Gasteiger partial charge in [0.25, 0.3) is 0 Å². The monoisotopic (exact) mass is 459 g/mol. The van der Waals surface area contributed by atoms with E-state index in [0.29, 0.717) is 18.1 Å². The number of aryl methyl sites for hydroxylation is 1. The highest BCUT2D eigenvalue weighted by molar-refractivity contribution is 7.87. The molecule has 0 saturated carbocycles. The number of nitrogens with one attached hydrogen (secondary N) is 2. The third-order valence-corrected chi connectivity index (χ3v) is 7.76. The minimum absolute atomic E-state index is 0.161. The number of benzene rings is 1. The standard InChI is InChI=1S/C22H29N5O4S/c1-26-12-10-17(14-26)27(2)32(29,30)25-22(28)24-21-18-6-4-5-15(18)7-8-19(21)16-9-11-23-20(13-16)31-3/h7-9,11,13,17H,4-6,10,12,14H2,1-3H3,(H2,24,25,28)/t17-/m1/s1. The number of aromatic nitrogens is 1. The molecule has 0 spiro atoms. The molecule has 2 heterocycles. The van der Waals surface area contributed by atoms with Gasteiger partial charge in [0.15, 0.2) is 0 Å². The van der Waals surface area contributed by atoms with Crippen LogP contribution in [0.5, 0.6) is 5.88 Å². The number of methoxy groups -OCH3 is 1. The minimum Gasteiger partial charge on any atom is -0.481 e. The van der Waals surface area contributed by atoms with Crippen molar-refractivity contribution in [1.29, 1.82) is 0 Å². The summed E-state index contributed by atoms with van der Waals surface area (Å²) in [5.41, 5.74) is 4.46. The number of ether oxygens (including phenoxy) is 1. The zero-order chi connectivity index (χ0) is 22.9. The average Bonchev–Trinajstić information content (AvgIpc) is 3.42. The van der Waals surface area contributed by atoms with Gasteiger partial charge in [0, 0.05) is 37.5 Å². The molecule has 2 amide bonds. The summed E-state index contributed by atoms with van der Waals surface area (Å²) < 4.78 is 34.3. The molecule has 2 aromatic rings. The lowest BCUT2D eigenvalue weighted by Gasteiger charge is -2.24. The molecule has 0 unspecified atom stereocenters. The molecule has 2 N–H and O–H groups in total. The van der Waals surface area contributed by atoms with E-state index in [1.165, 1.54) is 16.9 Å². The van der Waals surface area contributed by atoms with Gasteiger partial charge in [0.05, 0.1) is 12.8 Å². The van der Waals surface area contributed by atoms with Crippen LogP contribution in [0.25, 0.3) is 11.1 Å². The Bertz CT molecular complexity index is 1120. The number of rotatable bonds is 6. The van der Waals surface area contributed by atoms with Crippen LogP contribution in [0.3, 0.4) is 0 Å². The van der Waals surface area contributed by atoms with Crippen molar-refractivity contribution in [2.45, 2.75) is 31.7 Å². The summed E-state index contributed by atoms with van der Waals surface area (Å²) in [7, 11) is 1.03. The number of likely N-dealkylation sites (N-methyl/N-ethyl adjacent to an activating group) is 2. The number of hydrogen-bond donors (Lipinski definition) is 2. The predicted octanol–water partition coefficient (Wildman–Crippen LogP) is 2.25. The van der Waals surface area contributed by atoms with Gasteiger partial charge in [-0.3, -0.25) is 0 Å². The Morgan fingerprint density at radius 1 is 1.28 bits per heavy atom. The quantitative estimate of drug-likeness (QED) is 0.687. The van der Waals surface area contributed by atoms with Gasteiger partial charge in [-0.05, 0) is 62.0 Å². The van der Waals surface area contributed by atoms with Gasteiger partial charge in [0.1, 0.15) is 0 Å². The van der Waals surface area contributed by atoms with Crippen molar-refractivity contribution in [1.82, 2.24) is 18.9 Å². The number of fused-ring (bicyclic) bond motifs is 1. The highest BCUT2D eigenvalue weighted by Crippen LogP contribution is 2.38. The van der Waals surface area contributed by atoms with E-state index in [9.17, 15) is 13.2 Å². The molecule has 1 aromatic carbocycles. The van der Waals surface area contributed by atoms with E-state index in [0.717, 1.165) is 48.9 Å². The molecule has 1 aliphatic heterocycles. The highest BCUT2D eigenvalue weighted by atomic mass is 32.2. The van der Waals surface area contributed by atoms with E-state index in [2.05, 4.69) is 26.0 Å². The number of carbonyl (C=O) groups excluding carboxylic acids is 1. The Kier molecular flexibility index (Phi) is 6.36. The molecule has 0 bridgehead atoms. The van der Waals surface area contributed by atoms with E-state index >= 15 is 0 Å². The molecule has 1 fully saturated rings. The van der Waals surface area contributed by atoms with Gasteiger partial charge < -0.3 is 15.0 Å². The molecule has 1 atom stereocenters. The zero-order valence-corrected chi connectivity index (χ0v) is 19.4. The Hall–Kier alpha value is -2.69. The first-order valence-corrected chi connectivity index (χ1v) is 12.1. The van der Waals surface area contributed by atoms with Crippen molar-refractivity contribution in [3.63, 3.8) is 0 Å². The van der Waals surface area contributed by atoms with Gasteiger partial charge in [-0.1, -0.05) is 12.1 Å². The molecule has 32 heavy (non-hydrogen) atoms. The van der Waals surface area contributed by atoms with Crippen LogP contribution in [-0.4, -0.2) is 69.0 Å². The first-order valence-electron chi connectivity index (χ1n) is 10.7. The molecular weight excluding hydrogens is 430 g/mol. The second-order valence-corrected chi connectivity index (χ2v) is 10.1. The Labute approximate surface area is 189 Å².